The molecule has 1 aliphatic heterocycles. The van der Waals surface area contributed by atoms with Gasteiger partial charge in [0.15, 0.2) is 6.10 Å². The summed E-state index contributed by atoms with van der Waals surface area (Å²) in [4.78, 5) is 22.2. The van der Waals surface area contributed by atoms with E-state index in [1.54, 1.807) is 0 Å². The fourth-order valence-electron chi connectivity index (χ4n) is 1.28. The molecule has 3 atom stereocenters. The third-order valence-electron chi connectivity index (χ3n) is 2.69. The van der Waals surface area contributed by atoms with Crippen molar-refractivity contribution in [2.45, 2.75) is 32.4 Å². The molecule has 0 aromatic rings. The van der Waals surface area contributed by atoms with E-state index in [0.717, 1.165) is 6.42 Å². The highest BCUT2D eigenvalue weighted by atomic mass is 35.5. The Morgan fingerprint density at radius 1 is 1.71 bits per heavy atom. The van der Waals surface area contributed by atoms with Crippen molar-refractivity contribution in [1.82, 2.24) is 5.32 Å². The van der Waals surface area contributed by atoms with Crippen molar-refractivity contribution < 1.29 is 19.1 Å². The van der Waals surface area contributed by atoms with Crippen LogP contribution in [0.15, 0.2) is 0 Å². The lowest BCUT2D eigenvalue weighted by molar-refractivity contribution is -0.148. The Bertz CT molecular complexity index is 275. The summed E-state index contributed by atoms with van der Waals surface area (Å²) in [6.07, 6.45) is -0.0659. The summed E-state index contributed by atoms with van der Waals surface area (Å²) < 4.78 is 9.79. The van der Waals surface area contributed by atoms with E-state index in [2.05, 4.69) is 5.32 Å². The molecule has 0 spiro atoms. The second-order valence-electron chi connectivity index (χ2n) is 3.95. The third kappa shape index (κ3) is 4.79. The highest BCUT2D eigenvalue weighted by Gasteiger charge is 2.26. The Kier molecular flexibility index (Phi) is 6.91. The first-order valence-electron chi connectivity index (χ1n) is 5.41. The lowest BCUT2D eigenvalue weighted by Crippen LogP contribution is -2.39. The van der Waals surface area contributed by atoms with Crippen molar-refractivity contribution in [2.24, 2.45) is 11.7 Å². The lowest BCUT2D eigenvalue weighted by atomic mass is 10.0. The molecule has 0 saturated carbocycles. The highest BCUT2D eigenvalue weighted by molar-refractivity contribution is 5.85. The van der Waals surface area contributed by atoms with Crippen molar-refractivity contribution in [3.8, 4) is 0 Å². The number of ether oxygens (including phenoxy) is 2. The van der Waals surface area contributed by atoms with E-state index in [-0.39, 0.29) is 24.9 Å². The zero-order valence-electron chi connectivity index (χ0n) is 9.97. The number of hydrogen-bond acceptors (Lipinski definition) is 5. The Labute approximate surface area is 107 Å². The normalized spacial score (nSPS) is 21.8. The quantitative estimate of drug-likeness (QED) is 0.705. The maximum absolute atomic E-state index is 11.5. The average Bonchev–Trinajstić information content (AvgIpc) is 2.69. The van der Waals surface area contributed by atoms with Gasteiger partial charge in [-0.25, -0.2) is 4.79 Å². The first-order valence-corrected chi connectivity index (χ1v) is 5.41. The predicted molar refractivity (Wildman–Crippen MR) is 63.9 cm³/mol. The summed E-state index contributed by atoms with van der Waals surface area (Å²) in [6.45, 7) is 4.27. The van der Waals surface area contributed by atoms with Crippen molar-refractivity contribution in [3.63, 3.8) is 0 Å². The number of rotatable bonds is 5. The van der Waals surface area contributed by atoms with Crippen molar-refractivity contribution in [2.75, 3.05) is 13.2 Å². The van der Waals surface area contributed by atoms with E-state index in [4.69, 9.17) is 15.2 Å². The number of carbonyl (C=O) groups is 2. The number of nitrogens with two attached hydrogens (primary N) is 1. The van der Waals surface area contributed by atoms with Gasteiger partial charge >= 0.3 is 12.1 Å². The Morgan fingerprint density at radius 2 is 2.35 bits per heavy atom. The van der Waals surface area contributed by atoms with Gasteiger partial charge in [-0.15, -0.1) is 12.4 Å². The van der Waals surface area contributed by atoms with Gasteiger partial charge in [-0.2, -0.15) is 0 Å². The summed E-state index contributed by atoms with van der Waals surface area (Å²) in [7, 11) is 0. The number of carbonyl (C=O) groups excluding carboxylic acids is 2. The number of hydrogen-bond donors (Lipinski definition) is 2. The van der Waals surface area contributed by atoms with Crippen LogP contribution in [0, 0.1) is 5.92 Å². The average molecular weight is 267 g/mol. The molecule has 1 amide bonds. The molecule has 100 valence electrons. The SMILES string of the molecule is CC[C@H](C)[C@H](N)C(=O)OC[C@H]1CNC(=O)O1.Cl. The number of halogens is 1. The van der Waals surface area contributed by atoms with Crippen LogP contribution >= 0.6 is 12.4 Å². The standard InChI is InChI=1S/C10H18N2O4.ClH/c1-3-6(2)8(11)9(13)15-5-7-4-12-10(14)16-7;/h6-8H,3-5,11H2,1-2H3,(H,12,14);1H/t6-,7+,8-;/m0./s1. The molecule has 0 bridgehead atoms. The van der Waals surface area contributed by atoms with Crippen LogP contribution < -0.4 is 11.1 Å². The van der Waals surface area contributed by atoms with Crippen LogP contribution in [0.3, 0.4) is 0 Å². The molecule has 0 aliphatic carbocycles. The van der Waals surface area contributed by atoms with Crippen molar-refractivity contribution >= 4 is 24.5 Å². The van der Waals surface area contributed by atoms with Gasteiger partial charge in [0.2, 0.25) is 0 Å². The second kappa shape index (κ2) is 7.34. The van der Waals surface area contributed by atoms with Crippen molar-refractivity contribution in [1.29, 1.82) is 0 Å². The maximum Gasteiger partial charge on any atom is 0.407 e. The molecule has 0 aromatic carbocycles. The van der Waals surface area contributed by atoms with Gasteiger partial charge in [0, 0.05) is 0 Å². The van der Waals surface area contributed by atoms with Crippen LogP contribution in [0.2, 0.25) is 0 Å². The summed E-state index contributed by atoms with van der Waals surface area (Å²) in [5.74, 6) is -0.367. The summed E-state index contributed by atoms with van der Waals surface area (Å²) in [6, 6.07) is -0.616. The molecule has 3 N–H and O–H groups in total. The van der Waals surface area contributed by atoms with E-state index in [0.29, 0.717) is 6.54 Å². The zero-order valence-corrected chi connectivity index (χ0v) is 10.8. The molecule has 0 unspecified atom stereocenters. The van der Waals surface area contributed by atoms with Crippen LogP contribution in [0.4, 0.5) is 4.79 Å². The summed E-state index contributed by atoms with van der Waals surface area (Å²) in [5, 5.41) is 2.47. The number of alkyl carbamates (subject to hydrolysis) is 1. The van der Waals surface area contributed by atoms with E-state index in [1.807, 2.05) is 13.8 Å². The Hall–Kier alpha value is -1.01. The number of cyclic esters (lactones) is 1. The first kappa shape index (κ1) is 16.0. The van der Waals surface area contributed by atoms with Crippen molar-refractivity contribution in [3.05, 3.63) is 0 Å². The van der Waals surface area contributed by atoms with Gasteiger partial charge in [-0.3, -0.25) is 4.79 Å². The van der Waals surface area contributed by atoms with Crippen LogP contribution in [-0.4, -0.2) is 37.4 Å². The van der Waals surface area contributed by atoms with Gasteiger partial charge in [0.05, 0.1) is 6.54 Å². The van der Waals surface area contributed by atoms with E-state index in [9.17, 15) is 9.59 Å². The fourth-order valence-corrected chi connectivity index (χ4v) is 1.28. The van der Waals surface area contributed by atoms with Gasteiger partial charge in [-0.05, 0) is 5.92 Å². The fraction of sp³-hybridized carbons (Fsp3) is 0.800. The molecule has 1 rings (SSSR count). The number of nitrogens with one attached hydrogen (secondary N) is 1. The molecule has 1 aliphatic rings. The lowest BCUT2D eigenvalue weighted by Gasteiger charge is -2.17. The van der Waals surface area contributed by atoms with Gasteiger partial charge in [0.25, 0.3) is 0 Å². The summed E-state index contributed by atoms with van der Waals surface area (Å²) in [5.41, 5.74) is 5.69. The predicted octanol–water partition coefficient (Wildman–Crippen LogP) is 0.433. The molecule has 1 fully saturated rings. The second-order valence-corrected chi connectivity index (χ2v) is 3.95. The van der Waals surface area contributed by atoms with E-state index in [1.165, 1.54) is 0 Å². The smallest absolute Gasteiger partial charge is 0.407 e. The van der Waals surface area contributed by atoms with Crippen LogP contribution in [0.1, 0.15) is 20.3 Å². The largest absolute Gasteiger partial charge is 0.461 e. The monoisotopic (exact) mass is 266 g/mol. The van der Waals surface area contributed by atoms with Gasteiger partial charge in [-0.1, -0.05) is 20.3 Å². The zero-order chi connectivity index (χ0) is 12.1. The minimum atomic E-state index is -0.616. The molecule has 0 aromatic heterocycles. The van der Waals surface area contributed by atoms with Gasteiger partial charge < -0.3 is 20.5 Å². The van der Waals surface area contributed by atoms with Crippen LogP contribution in [-0.2, 0) is 14.3 Å². The minimum Gasteiger partial charge on any atom is -0.461 e. The molecular formula is C10H19ClN2O4. The van der Waals surface area contributed by atoms with E-state index < -0.39 is 24.2 Å². The Morgan fingerprint density at radius 3 is 2.82 bits per heavy atom. The molecule has 0 radical (unpaired) electrons. The van der Waals surface area contributed by atoms with E-state index >= 15 is 0 Å². The summed E-state index contributed by atoms with van der Waals surface area (Å²) >= 11 is 0. The van der Waals surface area contributed by atoms with Crippen LogP contribution in [0.25, 0.3) is 0 Å². The minimum absolute atomic E-state index is 0. The topological polar surface area (TPSA) is 90.7 Å². The van der Waals surface area contributed by atoms with Crippen LogP contribution in [0.5, 0.6) is 0 Å². The molecule has 17 heavy (non-hydrogen) atoms. The molecule has 7 heteroatoms. The number of amides is 1. The number of esters is 1. The molecule has 1 heterocycles. The molecule has 1 saturated heterocycles. The molecular weight excluding hydrogens is 248 g/mol. The third-order valence-corrected chi connectivity index (χ3v) is 2.69. The van der Waals surface area contributed by atoms with Gasteiger partial charge in [0.1, 0.15) is 12.6 Å². The highest BCUT2D eigenvalue weighted by Crippen LogP contribution is 2.08. The Balaban J connectivity index is 0.00000256. The maximum atomic E-state index is 11.5. The first-order chi connectivity index (χ1) is 7.54. The molecule has 6 nitrogen and oxygen atoms in total.